The lowest BCUT2D eigenvalue weighted by atomic mass is 10.1. The molecule has 7 heteroatoms. The van der Waals surface area contributed by atoms with Gasteiger partial charge in [0.1, 0.15) is 11.5 Å². The predicted octanol–water partition coefficient (Wildman–Crippen LogP) is 5.26. The zero-order valence-electron chi connectivity index (χ0n) is 10.5. The van der Waals surface area contributed by atoms with Gasteiger partial charge >= 0.3 is 6.18 Å². The highest BCUT2D eigenvalue weighted by atomic mass is 35.5. The van der Waals surface area contributed by atoms with Gasteiger partial charge in [0.25, 0.3) is 0 Å². The highest BCUT2D eigenvalue weighted by Crippen LogP contribution is 2.40. The van der Waals surface area contributed by atoms with E-state index in [0.717, 1.165) is 6.07 Å². The molecule has 2 aromatic rings. The molecule has 21 heavy (non-hydrogen) atoms. The van der Waals surface area contributed by atoms with E-state index in [1.165, 1.54) is 30.3 Å². The molecule has 2 nitrogen and oxygen atoms in total. The van der Waals surface area contributed by atoms with E-state index >= 15 is 0 Å². The standard InChI is InChI=1S/C14H10Cl2F3NO/c15-9-2-3-11(16)13(6-9)21-12-4-1-8(7-20)5-10(12)14(17,18)19/h1-6H,7,20H2. The average Bonchev–Trinajstić information content (AvgIpc) is 2.42. The molecule has 0 spiro atoms. The molecular formula is C14H10Cl2F3NO. The van der Waals surface area contributed by atoms with Crippen LogP contribution in [0.25, 0.3) is 0 Å². The fraction of sp³-hybridized carbons (Fsp3) is 0.143. The zero-order chi connectivity index (χ0) is 15.6. The number of hydrogen-bond donors (Lipinski definition) is 1. The van der Waals surface area contributed by atoms with Crippen molar-refractivity contribution < 1.29 is 17.9 Å². The van der Waals surface area contributed by atoms with Crippen LogP contribution in [-0.4, -0.2) is 0 Å². The Labute approximate surface area is 129 Å². The molecule has 2 N–H and O–H groups in total. The van der Waals surface area contributed by atoms with E-state index in [2.05, 4.69) is 0 Å². The third-order valence-corrected chi connectivity index (χ3v) is 3.25. The SMILES string of the molecule is NCc1ccc(Oc2cc(Cl)ccc2Cl)c(C(F)(F)F)c1. The van der Waals surface area contributed by atoms with Gasteiger partial charge in [-0.25, -0.2) is 0 Å². The van der Waals surface area contributed by atoms with E-state index in [4.69, 9.17) is 33.7 Å². The van der Waals surface area contributed by atoms with Crippen molar-refractivity contribution in [2.45, 2.75) is 12.7 Å². The molecule has 0 unspecified atom stereocenters. The summed E-state index contributed by atoms with van der Waals surface area (Å²) in [5.74, 6) is -0.306. The first-order chi connectivity index (χ1) is 9.81. The first kappa shape index (κ1) is 15.9. The Hall–Kier alpha value is -1.43. The summed E-state index contributed by atoms with van der Waals surface area (Å²) in [5, 5.41) is 0.469. The fourth-order valence-electron chi connectivity index (χ4n) is 1.69. The van der Waals surface area contributed by atoms with Crippen LogP contribution in [-0.2, 0) is 12.7 Å². The topological polar surface area (TPSA) is 35.2 Å². The summed E-state index contributed by atoms with van der Waals surface area (Å²) in [4.78, 5) is 0. The number of alkyl halides is 3. The van der Waals surface area contributed by atoms with E-state index < -0.39 is 11.7 Å². The van der Waals surface area contributed by atoms with Crippen molar-refractivity contribution in [3.8, 4) is 11.5 Å². The number of hydrogen-bond acceptors (Lipinski definition) is 2. The van der Waals surface area contributed by atoms with Crippen LogP contribution in [0.3, 0.4) is 0 Å². The second kappa shape index (κ2) is 6.13. The van der Waals surface area contributed by atoms with Crippen molar-refractivity contribution in [1.29, 1.82) is 0 Å². The minimum atomic E-state index is -4.56. The highest BCUT2D eigenvalue weighted by molar-refractivity contribution is 6.34. The van der Waals surface area contributed by atoms with Crippen molar-refractivity contribution in [3.63, 3.8) is 0 Å². The summed E-state index contributed by atoms with van der Waals surface area (Å²) in [6.07, 6.45) is -4.56. The Morgan fingerprint density at radius 2 is 1.71 bits per heavy atom. The Bertz CT molecular complexity index is 659. The van der Waals surface area contributed by atoms with E-state index in [0.29, 0.717) is 10.6 Å². The Balaban J connectivity index is 2.46. The number of ether oxygens (including phenoxy) is 1. The van der Waals surface area contributed by atoms with Crippen LogP contribution in [0.1, 0.15) is 11.1 Å². The zero-order valence-corrected chi connectivity index (χ0v) is 12.1. The largest absolute Gasteiger partial charge is 0.455 e. The summed E-state index contributed by atoms with van der Waals surface area (Å²) in [5.41, 5.74) is 4.80. The monoisotopic (exact) mass is 335 g/mol. The second-order valence-corrected chi connectivity index (χ2v) is 5.05. The lowest BCUT2D eigenvalue weighted by molar-refractivity contribution is -0.138. The fourth-order valence-corrected chi connectivity index (χ4v) is 2.01. The Morgan fingerprint density at radius 1 is 1.00 bits per heavy atom. The molecule has 0 atom stereocenters. The molecule has 0 aliphatic heterocycles. The van der Waals surface area contributed by atoms with Crippen molar-refractivity contribution in [3.05, 3.63) is 57.6 Å². The second-order valence-electron chi connectivity index (χ2n) is 4.21. The smallest absolute Gasteiger partial charge is 0.419 e. The molecule has 2 aromatic carbocycles. The molecule has 112 valence electrons. The first-order valence-electron chi connectivity index (χ1n) is 5.84. The van der Waals surface area contributed by atoms with Gasteiger partial charge in [-0.05, 0) is 29.8 Å². The van der Waals surface area contributed by atoms with Crippen molar-refractivity contribution in [2.24, 2.45) is 5.73 Å². The molecule has 0 aliphatic carbocycles. The highest BCUT2D eigenvalue weighted by Gasteiger charge is 2.35. The van der Waals surface area contributed by atoms with Gasteiger partial charge in [0.2, 0.25) is 0 Å². The maximum Gasteiger partial charge on any atom is 0.419 e. The minimum Gasteiger partial charge on any atom is -0.455 e. The van der Waals surface area contributed by atoms with Crippen LogP contribution < -0.4 is 10.5 Å². The Morgan fingerprint density at radius 3 is 2.33 bits per heavy atom. The molecular weight excluding hydrogens is 326 g/mol. The van der Waals surface area contributed by atoms with Crippen LogP contribution in [0.15, 0.2) is 36.4 Å². The molecule has 0 amide bonds. The normalized spacial score (nSPS) is 11.5. The maximum atomic E-state index is 13.1. The number of benzene rings is 2. The maximum absolute atomic E-state index is 13.1. The van der Waals surface area contributed by atoms with E-state index in [1.807, 2.05) is 0 Å². The number of halogens is 5. The summed E-state index contributed by atoms with van der Waals surface area (Å²) in [7, 11) is 0. The first-order valence-corrected chi connectivity index (χ1v) is 6.60. The quantitative estimate of drug-likeness (QED) is 0.829. The molecule has 0 aliphatic rings. The van der Waals surface area contributed by atoms with Crippen LogP contribution in [0, 0.1) is 0 Å². The van der Waals surface area contributed by atoms with Gasteiger partial charge in [-0.1, -0.05) is 29.3 Å². The third-order valence-electron chi connectivity index (χ3n) is 2.70. The van der Waals surface area contributed by atoms with Crippen LogP contribution in [0.5, 0.6) is 11.5 Å². The van der Waals surface area contributed by atoms with Crippen LogP contribution in [0.4, 0.5) is 13.2 Å². The van der Waals surface area contributed by atoms with Gasteiger partial charge in [-0.15, -0.1) is 0 Å². The molecule has 0 saturated heterocycles. The molecule has 2 rings (SSSR count). The van der Waals surface area contributed by atoms with Gasteiger partial charge in [-0.2, -0.15) is 13.2 Å². The molecule has 0 heterocycles. The van der Waals surface area contributed by atoms with Crippen molar-refractivity contribution >= 4 is 23.2 Å². The average molecular weight is 336 g/mol. The van der Waals surface area contributed by atoms with E-state index in [-0.39, 0.29) is 23.1 Å². The predicted molar refractivity (Wildman–Crippen MR) is 75.9 cm³/mol. The molecule has 0 saturated carbocycles. The molecule has 0 radical (unpaired) electrons. The molecule has 0 fully saturated rings. The van der Waals surface area contributed by atoms with Crippen molar-refractivity contribution in [2.75, 3.05) is 0 Å². The number of nitrogens with two attached hydrogens (primary N) is 1. The minimum absolute atomic E-state index is 0.00127. The van der Waals surface area contributed by atoms with E-state index in [9.17, 15) is 13.2 Å². The summed E-state index contributed by atoms with van der Waals surface area (Å²) >= 11 is 11.7. The summed E-state index contributed by atoms with van der Waals surface area (Å²) in [6, 6.07) is 7.93. The summed E-state index contributed by atoms with van der Waals surface area (Å²) < 4.78 is 44.5. The summed E-state index contributed by atoms with van der Waals surface area (Å²) in [6.45, 7) is 0.00127. The third kappa shape index (κ3) is 3.81. The van der Waals surface area contributed by atoms with E-state index in [1.54, 1.807) is 0 Å². The van der Waals surface area contributed by atoms with Gasteiger partial charge in [0.15, 0.2) is 0 Å². The lowest BCUT2D eigenvalue weighted by Gasteiger charge is -2.15. The molecule has 0 aromatic heterocycles. The van der Waals surface area contributed by atoms with Gasteiger partial charge < -0.3 is 10.5 Å². The van der Waals surface area contributed by atoms with Crippen molar-refractivity contribution in [1.82, 2.24) is 0 Å². The number of rotatable bonds is 3. The van der Waals surface area contributed by atoms with Gasteiger partial charge in [0.05, 0.1) is 10.6 Å². The van der Waals surface area contributed by atoms with Crippen LogP contribution >= 0.6 is 23.2 Å². The van der Waals surface area contributed by atoms with Gasteiger partial charge in [-0.3, -0.25) is 0 Å². The lowest BCUT2D eigenvalue weighted by Crippen LogP contribution is -2.09. The molecule has 0 bridgehead atoms. The van der Waals surface area contributed by atoms with Gasteiger partial charge in [0, 0.05) is 17.6 Å². The van der Waals surface area contributed by atoms with Crippen LogP contribution in [0.2, 0.25) is 10.0 Å². The Kier molecular flexibility index (Phi) is 4.66.